The second-order valence-electron chi connectivity index (χ2n) is 5.27. The number of aryl methyl sites for hydroxylation is 2. The van der Waals surface area contributed by atoms with Gasteiger partial charge in [-0.1, -0.05) is 34.1 Å². The summed E-state index contributed by atoms with van der Waals surface area (Å²) in [4.78, 5) is 0. The van der Waals surface area contributed by atoms with Gasteiger partial charge in [-0.15, -0.1) is 0 Å². The molecule has 0 bridgehead atoms. The Kier molecular flexibility index (Phi) is 4.48. The third kappa shape index (κ3) is 2.81. The summed E-state index contributed by atoms with van der Waals surface area (Å²) in [5.74, 6) is 0. The fourth-order valence-corrected chi connectivity index (χ4v) is 4.03. The molecule has 0 saturated carbocycles. The van der Waals surface area contributed by atoms with E-state index in [1.54, 1.807) is 0 Å². The number of fused-ring (bicyclic) bond motifs is 1. The van der Waals surface area contributed by atoms with Gasteiger partial charge in [0.05, 0.1) is 6.04 Å². The van der Waals surface area contributed by atoms with Gasteiger partial charge in [-0.25, -0.2) is 0 Å². The van der Waals surface area contributed by atoms with E-state index < -0.39 is 0 Å². The summed E-state index contributed by atoms with van der Waals surface area (Å²) < 4.78 is 2.43. The molecule has 20 heavy (non-hydrogen) atoms. The second kappa shape index (κ2) is 6.16. The zero-order valence-corrected chi connectivity index (χ0v) is 15.2. The van der Waals surface area contributed by atoms with Gasteiger partial charge >= 0.3 is 0 Å². The predicted molar refractivity (Wildman–Crippen MR) is 96.2 cm³/mol. The first kappa shape index (κ1) is 14.5. The highest BCUT2D eigenvalue weighted by atomic mass is 127. The molecule has 1 aliphatic rings. The molecule has 1 unspecified atom stereocenters. The zero-order valence-electron chi connectivity index (χ0n) is 11.4. The minimum atomic E-state index is 0.255. The van der Waals surface area contributed by atoms with Crippen molar-refractivity contribution >= 4 is 38.5 Å². The first-order chi connectivity index (χ1) is 9.69. The SMILES string of the molecule is CNC(c1ccc2c(c1)CCC2)c1cc(Br)ccc1I. The highest BCUT2D eigenvalue weighted by molar-refractivity contribution is 14.1. The quantitative estimate of drug-likeness (QED) is 0.671. The summed E-state index contributed by atoms with van der Waals surface area (Å²) >= 11 is 6.00. The summed E-state index contributed by atoms with van der Waals surface area (Å²) in [5, 5.41) is 3.47. The molecule has 0 radical (unpaired) electrons. The smallest absolute Gasteiger partial charge is 0.0585 e. The van der Waals surface area contributed by atoms with E-state index in [0.29, 0.717) is 0 Å². The third-order valence-electron chi connectivity index (χ3n) is 4.01. The lowest BCUT2D eigenvalue weighted by molar-refractivity contribution is 0.687. The summed E-state index contributed by atoms with van der Waals surface area (Å²) in [6, 6.07) is 13.7. The molecule has 0 amide bonds. The maximum atomic E-state index is 3.58. The minimum absolute atomic E-state index is 0.255. The number of nitrogens with one attached hydrogen (secondary N) is 1. The second-order valence-corrected chi connectivity index (χ2v) is 7.35. The van der Waals surface area contributed by atoms with Crippen LogP contribution >= 0.6 is 38.5 Å². The minimum Gasteiger partial charge on any atom is -0.309 e. The number of benzene rings is 2. The molecule has 104 valence electrons. The van der Waals surface area contributed by atoms with Crippen LogP contribution in [0.5, 0.6) is 0 Å². The lowest BCUT2D eigenvalue weighted by Gasteiger charge is -2.20. The molecular weight excluding hydrogens is 425 g/mol. The number of rotatable bonds is 3. The average molecular weight is 442 g/mol. The molecule has 3 heteroatoms. The highest BCUT2D eigenvalue weighted by Crippen LogP contribution is 2.31. The summed E-state index contributed by atoms with van der Waals surface area (Å²) in [6.07, 6.45) is 3.78. The van der Waals surface area contributed by atoms with Crippen LogP contribution in [0.1, 0.15) is 34.7 Å². The van der Waals surface area contributed by atoms with Crippen molar-refractivity contribution in [3.63, 3.8) is 0 Å². The lowest BCUT2D eigenvalue weighted by atomic mass is 9.96. The van der Waals surface area contributed by atoms with Gasteiger partial charge in [0, 0.05) is 8.04 Å². The van der Waals surface area contributed by atoms with Crippen molar-refractivity contribution in [3.05, 3.63) is 66.7 Å². The van der Waals surface area contributed by atoms with Crippen molar-refractivity contribution in [1.82, 2.24) is 5.32 Å². The predicted octanol–water partition coefficient (Wildman–Crippen LogP) is 4.85. The van der Waals surface area contributed by atoms with Gasteiger partial charge in [0.25, 0.3) is 0 Å². The molecule has 1 atom stereocenters. The molecule has 0 aromatic heterocycles. The molecule has 0 heterocycles. The van der Waals surface area contributed by atoms with Crippen molar-refractivity contribution in [3.8, 4) is 0 Å². The van der Waals surface area contributed by atoms with E-state index in [-0.39, 0.29) is 6.04 Å². The van der Waals surface area contributed by atoms with E-state index in [9.17, 15) is 0 Å². The molecule has 0 fully saturated rings. The lowest BCUT2D eigenvalue weighted by Crippen LogP contribution is -2.19. The zero-order chi connectivity index (χ0) is 14.1. The van der Waals surface area contributed by atoms with E-state index >= 15 is 0 Å². The van der Waals surface area contributed by atoms with Crippen LogP contribution in [-0.2, 0) is 12.8 Å². The fourth-order valence-electron chi connectivity index (χ4n) is 3.01. The first-order valence-electron chi connectivity index (χ1n) is 6.93. The molecule has 2 aromatic carbocycles. The maximum Gasteiger partial charge on any atom is 0.0585 e. The van der Waals surface area contributed by atoms with Crippen LogP contribution in [0.15, 0.2) is 40.9 Å². The van der Waals surface area contributed by atoms with E-state index in [4.69, 9.17) is 0 Å². The Morgan fingerprint density at radius 3 is 2.70 bits per heavy atom. The molecular formula is C17H17BrIN. The maximum absolute atomic E-state index is 3.58. The Balaban J connectivity index is 2.03. The van der Waals surface area contributed by atoms with Crippen LogP contribution in [0.25, 0.3) is 0 Å². The van der Waals surface area contributed by atoms with Gasteiger partial charge in [-0.3, -0.25) is 0 Å². The van der Waals surface area contributed by atoms with Gasteiger partial charge in [-0.05, 0) is 89.4 Å². The van der Waals surface area contributed by atoms with Crippen LogP contribution < -0.4 is 5.32 Å². The largest absolute Gasteiger partial charge is 0.309 e. The molecule has 0 saturated heterocycles. The van der Waals surface area contributed by atoms with Crippen LogP contribution in [0.2, 0.25) is 0 Å². The Morgan fingerprint density at radius 2 is 1.90 bits per heavy atom. The standard InChI is InChI=1S/C17H17BrIN/c1-20-17(15-10-14(18)7-8-16(15)19)13-6-5-11-3-2-4-12(11)9-13/h5-10,17,20H,2-4H2,1H3. The number of hydrogen-bond acceptors (Lipinski definition) is 1. The van der Waals surface area contributed by atoms with Crippen LogP contribution in [0.3, 0.4) is 0 Å². The third-order valence-corrected chi connectivity index (χ3v) is 5.49. The van der Waals surface area contributed by atoms with Gasteiger partial charge in [0.2, 0.25) is 0 Å². The van der Waals surface area contributed by atoms with Crippen molar-refractivity contribution in [2.45, 2.75) is 25.3 Å². The van der Waals surface area contributed by atoms with Crippen LogP contribution in [0.4, 0.5) is 0 Å². The van der Waals surface area contributed by atoms with Crippen molar-refractivity contribution < 1.29 is 0 Å². The molecule has 1 aliphatic carbocycles. The van der Waals surface area contributed by atoms with Gasteiger partial charge < -0.3 is 5.32 Å². The number of hydrogen-bond donors (Lipinski definition) is 1. The van der Waals surface area contributed by atoms with Crippen molar-refractivity contribution in [2.24, 2.45) is 0 Å². The van der Waals surface area contributed by atoms with Crippen molar-refractivity contribution in [2.75, 3.05) is 7.05 Å². The van der Waals surface area contributed by atoms with Gasteiger partial charge in [-0.2, -0.15) is 0 Å². The molecule has 0 aliphatic heterocycles. The van der Waals surface area contributed by atoms with E-state index in [0.717, 1.165) is 4.47 Å². The first-order valence-corrected chi connectivity index (χ1v) is 8.80. The Hall–Kier alpha value is -0.390. The summed E-state index contributed by atoms with van der Waals surface area (Å²) in [7, 11) is 2.04. The fraction of sp³-hybridized carbons (Fsp3) is 0.294. The highest BCUT2D eigenvalue weighted by Gasteiger charge is 2.18. The molecule has 3 rings (SSSR count). The Bertz CT molecular complexity index is 639. The molecule has 1 nitrogen and oxygen atoms in total. The molecule has 0 spiro atoms. The van der Waals surface area contributed by atoms with E-state index in [1.807, 2.05) is 7.05 Å². The van der Waals surface area contributed by atoms with E-state index in [1.165, 1.54) is 45.1 Å². The Morgan fingerprint density at radius 1 is 1.10 bits per heavy atom. The number of halogens is 2. The molecule has 1 N–H and O–H groups in total. The summed E-state index contributed by atoms with van der Waals surface area (Å²) in [6.45, 7) is 0. The normalized spacial score (nSPS) is 15.2. The topological polar surface area (TPSA) is 12.0 Å². The van der Waals surface area contributed by atoms with Crippen LogP contribution in [0, 0.1) is 3.57 Å². The average Bonchev–Trinajstić information content (AvgIpc) is 2.91. The van der Waals surface area contributed by atoms with Crippen LogP contribution in [-0.4, -0.2) is 7.05 Å². The van der Waals surface area contributed by atoms with E-state index in [2.05, 4.69) is 80.2 Å². The molecule has 2 aromatic rings. The van der Waals surface area contributed by atoms with Gasteiger partial charge in [0.1, 0.15) is 0 Å². The summed E-state index contributed by atoms with van der Waals surface area (Å²) in [5.41, 5.74) is 5.77. The Labute approximate surface area is 142 Å². The van der Waals surface area contributed by atoms with Crippen molar-refractivity contribution in [1.29, 1.82) is 0 Å². The van der Waals surface area contributed by atoms with Gasteiger partial charge in [0.15, 0.2) is 0 Å². The monoisotopic (exact) mass is 441 g/mol.